The number of hydrogen-bond donors (Lipinski definition) is 1. The summed E-state index contributed by atoms with van der Waals surface area (Å²) in [6.07, 6.45) is 1.07. The lowest BCUT2D eigenvalue weighted by Gasteiger charge is -2.11. The van der Waals surface area contributed by atoms with E-state index in [1.54, 1.807) is 0 Å². The zero-order valence-electron chi connectivity index (χ0n) is 14.8. The monoisotopic (exact) mass is 334 g/mol. The van der Waals surface area contributed by atoms with Crippen LogP contribution < -0.4 is 5.32 Å². The van der Waals surface area contributed by atoms with Gasteiger partial charge in [-0.15, -0.1) is 5.10 Å². The number of fused-ring (bicyclic) bond motifs is 4. The molecule has 0 bridgehead atoms. The lowest BCUT2D eigenvalue weighted by molar-refractivity contribution is 0.405. The second-order valence-electron chi connectivity index (χ2n) is 6.65. The topological polar surface area (TPSA) is 58.4 Å². The summed E-state index contributed by atoms with van der Waals surface area (Å²) >= 11 is 0. The van der Waals surface area contributed by atoms with Crippen molar-refractivity contribution in [1.29, 1.82) is 0 Å². The second kappa shape index (κ2) is 6.29. The molecular weight excluding hydrogens is 312 g/mol. The van der Waals surface area contributed by atoms with Crippen LogP contribution in [0, 0.1) is 6.92 Å². The quantitative estimate of drug-likeness (QED) is 0.568. The van der Waals surface area contributed by atoms with E-state index in [1.165, 1.54) is 0 Å². The number of rotatable bonds is 5. The molecule has 0 saturated heterocycles. The zero-order valence-corrected chi connectivity index (χ0v) is 14.8. The van der Waals surface area contributed by atoms with Gasteiger partial charge in [-0.2, -0.15) is 4.52 Å². The van der Waals surface area contributed by atoms with E-state index in [0.29, 0.717) is 0 Å². The first-order chi connectivity index (χ1) is 12.1. The largest absolute Gasteiger partial charge is 0.370 e. The highest BCUT2D eigenvalue weighted by atomic mass is 15.3. The Labute approximate surface area is 146 Å². The van der Waals surface area contributed by atoms with Crippen LogP contribution in [0.3, 0.4) is 0 Å². The molecule has 4 rings (SSSR count). The molecule has 0 fully saturated rings. The van der Waals surface area contributed by atoms with Gasteiger partial charge in [0.2, 0.25) is 0 Å². The highest BCUT2D eigenvalue weighted by Crippen LogP contribution is 2.24. The van der Waals surface area contributed by atoms with Gasteiger partial charge in [-0.1, -0.05) is 18.2 Å². The Balaban J connectivity index is 1.79. The summed E-state index contributed by atoms with van der Waals surface area (Å²) in [5, 5.41) is 10.3. The first-order valence-electron chi connectivity index (χ1n) is 8.56. The van der Waals surface area contributed by atoms with Crippen molar-refractivity contribution in [2.24, 2.45) is 0 Å². The molecule has 3 aromatic heterocycles. The number of hydrogen-bond acceptors (Lipinski definition) is 5. The van der Waals surface area contributed by atoms with Gasteiger partial charge in [-0.25, -0.2) is 9.97 Å². The van der Waals surface area contributed by atoms with Crippen molar-refractivity contribution >= 4 is 33.4 Å². The summed E-state index contributed by atoms with van der Waals surface area (Å²) in [7, 11) is 4.18. The summed E-state index contributed by atoms with van der Waals surface area (Å²) in [6.45, 7) is 3.95. The maximum atomic E-state index is 4.70. The lowest BCUT2D eigenvalue weighted by atomic mass is 10.2. The van der Waals surface area contributed by atoms with Crippen molar-refractivity contribution in [2.75, 3.05) is 32.5 Å². The molecule has 1 aromatic carbocycles. The Hall–Kier alpha value is -2.73. The molecule has 4 aromatic rings. The average molecular weight is 334 g/mol. The highest BCUT2D eigenvalue weighted by molar-refractivity contribution is 5.98. The normalized spacial score (nSPS) is 11.8. The summed E-state index contributed by atoms with van der Waals surface area (Å²) in [5.74, 6) is 0.961. The van der Waals surface area contributed by atoms with E-state index < -0.39 is 0 Å². The zero-order chi connectivity index (χ0) is 17.4. The first-order valence-corrected chi connectivity index (χ1v) is 8.56. The van der Waals surface area contributed by atoms with Gasteiger partial charge in [-0.05, 0) is 46.1 Å². The van der Waals surface area contributed by atoms with Crippen LogP contribution in [0.5, 0.6) is 0 Å². The molecule has 6 nitrogen and oxygen atoms in total. The molecule has 0 aliphatic heterocycles. The fraction of sp³-hybridized carbons (Fsp3) is 0.316. The minimum Gasteiger partial charge on any atom is -0.370 e. The van der Waals surface area contributed by atoms with E-state index in [1.807, 2.05) is 35.7 Å². The van der Waals surface area contributed by atoms with Gasteiger partial charge < -0.3 is 10.2 Å². The number of nitrogens with zero attached hydrogens (tertiary/aromatic N) is 5. The predicted molar refractivity (Wildman–Crippen MR) is 102 cm³/mol. The third kappa shape index (κ3) is 3.00. The van der Waals surface area contributed by atoms with E-state index in [4.69, 9.17) is 15.1 Å². The number of pyridine rings is 1. The van der Waals surface area contributed by atoms with Crippen molar-refractivity contribution in [3.8, 4) is 0 Å². The lowest BCUT2D eigenvalue weighted by Crippen LogP contribution is -2.17. The third-order valence-electron chi connectivity index (χ3n) is 4.28. The fourth-order valence-corrected chi connectivity index (χ4v) is 3.07. The van der Waals surface area contributed by atoms with E-state index in [-0.39, 0.29) is 0 Å². The maximum Gasteiger partial charge on any atom is 0.184 e. The number of aromatic nitrogens is 4. The molecule has 0 spiro atoms. The fourth-order valence-electron chi connectivity index (χ4n) is 3.07. The average Bonchev–Trinajstić information content (AvgIpc) is 2.94. The van der Waals surface area contributed by atoms with Crippen molar-refractivity contribution in [3.63, 3.8) is 0 Å². The van der Waals surface area contributed by atoms with Gasteiger partial charge in [0, 0.05) is 23.7 Å². The van der Waals surface area contributed by atoms with Crippen LogP contribution in [0.2, 0.25) is 0 Å². The first kappa shape index (κ1) is 15.8. The molecule has 0 unspecified atom stereocenters. The molecular formula is C19H22N6. The minimum absolute atomic E-state index is 0.730. The molecule has 3 heterocycles. The number of aryl methyl sites for hydroxylation is 1. The molecule has 6 heteroatoms. The van der Waals surface area contributed by atoms with Crippen LogP contribution in [-0.2, 0) is 0 Å². The van der Waals surface area contributed by atoms with Gasteiger partial charge in [0.05, 0.1) is 10.9 Å². The Morgan fingerprint density at radius 3 is 2.80 bits per heavy atom. The molecule has 1 N–H and O–H groups in total. The summed E-state index contributed by atoms with van der Waals surface area (Å²) in [4.78, 5) is 11.6. The van der Waals surface area contributed by atoms with Gasteiger partial charge in [0.1, 0.15) is 5.82 Å². The van der Waals surface area contributed by atoms with Crippen LogP contribution in [0.4, 0.5) is 5.82 Å². The van der Waals surface area contributed by atoms with Crippen LogP contribution in [0.1, 0.15) is 12.1 Å². The van der Waals surface area contributed by atoms with E-state index >= 15 is 0 Å². The molecule has 0 amide bonds. The molecule has 0 aliphatic rings. The molecule has 0 radical (unpaired) electrons. The second-order valence-corrected chi connectivity index (χ2v) is 6.65. The Morgan fingerprint density at radius 1 is 1.12 bits per heavy atom. The van der Waals surface area contributed by atoms with Gasteiger partial charge in [0.25, 0.3) is 0 Å². The number of para-hydroxylation sites is 1. The van der Waals surface area contributed by atoms with Crippen molar-refractivity contribution in [1.82, 2.24) is 24.5 Å². The minimum atomic E-state index is 0.730. The van der Waals surface area contributed by atoms with E-state index in [9.17, 15) is 0 Å². The maximum absolute atomic E-state index is 4.70. The van der Waals surface area contributed by atoms with Crippen molar-refractivity contribution in [3.05, 3.63) is 42.1 Å². The number of benzene rings is 1. The molecule has 0 aliphatic carbocycles. The van der Waals surface area contributed by atoms with E-state index in [2.05, 4.69) is 36.4 Å². The van der Waals surface area contributed by atoms with Crippen molar-refractivity contribution < 1.29 is 0 Å². The van der Waals surface area contributed by atoms with Crippen LogP contribution in [-0.4, -0.2) is 51.7 Å². The van der Waals surface area contributed by atoms with Gasteiger partial charge >= 0.3 is 0 Å². The summed E-state index contributed by atoms with van der Waals surface area (Å²) < 4.78 is 1.87. The number of nitrogens with one attached hydrogen (secondary N) is 1. The molecule has 25 heavy (non-hydrogen) atoms. The molecule has 0 saturated carbocycles. The van der Waals surface area contributed by atoms with Gasteiger partial charge in [0.15, 0.2) is 11.3 Å². The Bertz CT molecular complexity index is 1050. The van der Waals surface area contributed by atoms with Crippen LogP contribution in [0.25, 0.3) is 27.6 Å². The third-order valence-corrected chi connectivity index (χ3v) is 4.28. The summed E-state index contributed by atoms with van der Waals surface area (Å²) in [5.41, 5.74) is 3.50. The smallest absolute Gasteiger partial charge is 0.184 e. The molecule has 0 atom stereocenters. The Morgan fingerprint density at radius 2 is 1.96 bits per heavy atom. The van der Waals surface area contributed by atoms with Crippen molar-refractivity contribution in [2.45, 2.75) is 13.3 Å². The molecule has 128 valence electrons. The van der Waals surface area contributed by atoms with E-state index in [0.717, 1.165) is 58.6 Å². The number of anilines is 1. The van der Waals surface area contributed by atoms with Crippen LogP contribution in [0.15, 0.2) is 36.4 Å². The highest BCUT2D eigenvalue weighted by Gasteiger charge is 2.12. The standard InChI is InChI=1S/C19H22N6/c1-13-11-17(20-9-6-10-24(2)3)25-19(21-13)15-12-14-7-4-5-8-16(14)22-18(15)23-25/h4-5,7-8,11-12,20H,6,9-10H2,1-3H3. The summed E-state index contributed by atoms with van der Waals surface area (Å²) in [6, 6.07) is 12.3. The predicted octanol–water partition coefficient (Wildman–Crippen LogP) is 3.10. The van der Waals surface area contributed by atoms with Gasteiger partial charge in [-0.3, -0.25) is 0 Å². The Kier molecular flexibility index (Phi) is 3.97. The van der Waals surface area contributed by atoms with Crippen LogP contribution >= 0.6 is 0 Å². The SMILES string of the molecule is Cc1cc(NCCCN(C)C)n2nc3nc4ccccc4cc3c2n1.